The molecule has 2 aromatic carbocycles. The summed E-state index contributed by atoms with van der Waals surface area (Å²) in [6.45, 7) is 3.94. The van der Waals surface area contributed by atoms with E-state index in [-0.39, 0.29) is 11.1 Å². The number of nitrogens with zero attached hydrogens (tertiary/aromatic N) is 5. The van der Waals surface area contributed by atoms with Gasteiger partial charge in [-0.3, -0.25) is 14.0 Å². The van der Waals surface area contributed by atoms with Gasteiger partial charge in [0.1, 0.15) is 10.7 Å². The Morgan fingerprint density at radius 2 is 1.76 bits per heavy atom. The molecule has 0 bridgehead atoms. The molecule has 0 saturated heterocycles. The molecule has 34 heavy (non-hydrogen) atoms. The zero-order valence-electron chi connectivity index (χ0n) is 18.3. The topological polar surface area (TPSA) is 97.9 Å². The van der Waals surface area contributed by atoms with Crippen LogP contribution >= 0.6 is 23.1 Å². The van der Waals surface area contributed by atoms with Crippen molar-refractivity contribution in [2.45, 2.75) is 24.8 Å². The number of fused-ring (bicyclic) bond motifs is 4. The molecule has 168 valence electrons. The lowest BCUT2D eigenvalue weighted by molar-refractivity contribution is 0.926. The quantitative estimate of drug-likeness (QED) is 0.374. The fraction of sp³-hybridized carbons (Fsp3) is 0.125. The van der Waals surface area contributed by atoms with Crippen molar-refractivity contribution < 1.29 is 0 Å². The number of nitrogens with one attached hydrogen (secondary N) is 1. The van der Waals surface area contributed by atoms with E-state index in [0.717, 1.165) is 20.8 Å². The van der Waals surface area contributed by atoms with Crippen molar-refractivity contribution >= 4 is 50.0 Å². The molecule has 0 amide bonds. The lowest BCUT2D eigenvalue weighted by Gasteiger charge is -2.11. The molecular weight excluding hydrogens is 468 g/mol. The zero-order valence-corrected chi connectivity index (χ0v) is 19.9. The van der Waals surface area contributed by atoms with Crippen LogP contribution < -0.4 is 11.1 Å². The Kier molecular flexibility index (Phi) is 4.85. The first-order valence-corrected chi connectivity index (χ1v) is 12.4. The van der Waals surface area contributed by atoms with Gasteiger partial charge in [-0.15, -0.1) is 21.5 Å². The third-order valence-corrected chi connectivity index (χ3v) is 7.88. The zero-order chi connectivity index (χ0) is 23.4. The number of para-hydroxylation sites is 2. The normalized spacial score (nSPS) is 11.7. The Balaban J connectivity index is 1.49. The van der Waals surface area contributed by atoms with E-state index in [1.807, 2.05) is 66.8 Å². The average Bonchev–Trinajstić information content (AvgIpc) is 3.39. The molecular formula is C24H18N6O2S2. The Morgan fingerprint density at radius 3 is 2.59 bits per heavy atom. The number of aromatic amines is 1. The minimum atomic E-state index is -0.155. The van der Waals surface area contributed by atoms with E-state index in [1.165, 1.54) is 23.1 Å². The van der Waals surface area contributed by atoms with Gasteiger partial charge in [-0.1, -0.05) is 42.1 Å². The maximum absolute atomic E-state index is 13.3. The molecule has 4 heterocycles. The first-order chi connectivity index (χ1) is 16.5. The molecule has 0 aliphatic heterocycles. The summed E-state index contributed by atoms with van der Waals surface area (Å²) < 4.78 is 3.45. The molecule has 0 unspecified atom stereocenters. The second kappa shape index (κ2) is 7.93. The molecule has 0 aliphatic carbocycles. The first-order valence-electron chi connectivity index (χ1n) is 10.6. The number of hydrogen-bond acceptors (Lipinski definition) is 7. The van der Waals surface area contributed by atoms with Crippen LogP contribution in [0.15, 0.2) is 69.3 Å². The van der Waals surface area contributed by atoms with Gasteiger partial charge in [0, 0.05) is 4.88 Å². The van der Waals surface area contributed by atoms with E-state index in [2.05, 4.69) is 20.2 Å². The van der Waals surface area contributed by atoms with Gasteiger partial charge >= 0.3 is 0 Å². The summed E-state index contributed by atoms with van der Waals surface area (Å²) in [5.74, 6) is 1.40. The predicted molar refractivity (Wildman–Crippen MR) is 135 cm³/mol. The molecule has 10 heteroatoms. The number of thiophene rings is 1. The molecule has 1 N–H and O–H groups in total. The van der Waals surface area contributed by atoms with Crippen molar-refractivity contribution in [2.24, 2.45) is 0 Å². The average molecular weight is 487 g/mol. The second-order valence-electron chi connectivity index (χ2n) is 7.88. The van der Waals surface area contributed by atoms with E-state index < -0.39 is 0 Å². The van der Waals surface area contributed by atoms with E-state index in [0.29, 0.717) is 39.0 Å². The predicted octanol–water partition coefficient (Wildman–Crippen LogP) is 4.24. The van der Waals surface area contributed by atoms with E-state index in [4.69, 9.17) is 0 Å². The van der Waals surface area contributed by atoms with Crippen molar-refractivity contribution in [3.05, 3.63) is 91.6 Å². The van der Waals surface area contributed by atoms with Crippen LogP contribution in [0, 0.1) is 13.8 Å². The Labute approximate surface area is 200 Å². The SMILES string of the molecule is Cc1sc2nc(CSc3nnc4n(-c5ccccc5)c(=O)c5ccccc5n34)[nH]c(=O)c2c1C. The van der Waals surface area contributed by atoms with Gasteiger partial charge in [0.15, 0.2) is 5.16 Å². The van der Waals surface area contributed by atoms with Gasteiger partial charge < -0.3 is 4.98 Å². The lowest BCUT2D eigenvalue weighted by Crippen LogP contribution is -2.21. The fourth-order valence-electron chi connectivity index (χ4n) is 4.08. The number of rotatable bonds is 4. The summed E-state index contributed by atoms with van der Waals surface area (Å²) >= 11 is 2.93. The molecule has 6 aromatic rings. The molecule has 0 fully saturated rings. The highest BCUT2D eigenvalue weighted by Gasteiger charge is 2.18. The molecule has 0 atom stereocenters. The van der Waals surface area contributed by atoms with Crippen molar-refractivity contribution in [3.63, 3.8) is 0 Å². The summed E-state index contributed by atoms with van der Waals surface area (Å²) in [6, 6.07) is 16.8. The smallest absolute Gasteiger partial charge is 0.267 e. The summed E-state index contributed by atoms with van der Waals surface area (Å²) in [5.41, 5.74) is 2.13. The van der Waals surface area contributed by atoms with Gasteiger partial charge in [-0.05, 0) is 43.7 Å². The number of aryl methyl sites for hydroxylation is 2. The number of benzene rings is 2. The van der Waals surface area contributed by atoms with E-state index in [1.54, 1.807) is 10.6 Å². The number of thioether (sulfide) groups is 1. The van der Waals surface area contributed by atoms with Crippen LogP contribution in [-0.2, 0) is 5.75 Å². The van der Waals surface area contributed by atoms with Crippen LogP contribution in [0.3, 0.4) is 0 Å². The summed E-state index contributed by atoms with van der Waals surface area (Å²) in [7, 11) is 0. The lowest BCUT2D eigenvalue weighted by atomic mass is 10.2. The highest BCUT2D eigenvalue weighted by molar-refractivity contribution is 7.98. The van der Waals surface area contributed by atoms with Gasteiger partial charge in [0.05, 0.1) is 27.7 Å². The second-order valence-corrected chi connectivity index (χ2v) is 10.0. The molecule has 0 radical (unpaired) electrons. The van der Waals surface area contributed by atoms with Crippen LogP contribution in [0.25, 0.3) is 32.6 Å². The summed E-state index contributed by atoms with van der Waals surface area (Å²) in [4.78, 5) is 35.4. The van der Waals surface area contributed by atoms with Gasteiger partial charge in [0.2, 0.25) is 5.78 Å². The standard InChI is InChI=1S/C24H18N6O2S2/c1-13-14(2)34-21-19(13)20(31)25-18(26-21)12-33-24-28-27-23-29(15-8-4-3-5-9-15)22(32)16-10-6-7-11-17(16)30(23)24/h3-11H,12H2,1-2H3,(H,25,26,31). The van der Waals surface area contributed by atoms with Crippen molar-refractivity contribution in [1.29, 1.82) is 0 Å². The minimum Gasteiger partial charge on any atom is -0.309 e. The summed E-state index contributed by atoms with van der Waals surface area (Å²) in [5, 5.41) is 10.6. The largest absolute Gasteiger partial charge is 0.309 e. The number of hydrogen-bond donors (Lipinski definition) is 1. The maximum Gasteiger partial charge on any atom is 0.267 e. The van der Waals surface area contributed by atoms with Crippen molar-refractivity contribution in [1.82, 2.24) is 29.1 Å². The maximum atomic E-state index is 13.3. The monoisotopic (exact) mass is 486 g/mol. The Hall–Kier alpha value is -3.76. The van der Waals surface area contributed by atoms with Crippen LogP contribution in [0.5, 0.6) is 0 Å². The van der Waals surface area contributed by atoms with E-state index >= 15 is 0 Å². The van der Waals surface area contributed by atoms with Crippen LogP contribution in [0.2, 0.25) is 0 Å². The molecule has 0 spiro atoms. The summed E-state index contributed by atoms with van der Waals surface area (Å²) in [6.07, 6.45) is 0. The Morgan fingerprint density at radius 1 is 1.00 bits per heavy atom. The van der Waals surface area contributed by atoms with Gasteiger partial charge in [-0.25, -0.2) is 9.55 Å². The third kappa shape index (κ3) is 3.17. The number of H-pyrrole nitrogens is 1. The van der Waals surface area contributed by atoms with E-state index in [9.17, 15) is 9.59 Å². The number of aromatic nitrogens is 6. The molecule has 0 aliphatic rings. The van der Waals surface area contributed by atoms with Gasteiger partial charge in [0.25, 0.3) is 11.1 Å². The molecule has 0 saturated carbocycles. The first kappa shape index (κ1) is 20.8. The van der Waals surface area contributed by atoms with Crippen molar-refractivity contribution in [3.8, 4) is 5.69 Å². The highest BCUT2D eigenvalue weighted by atomic mass is 32.2. The van der Waals surface area contributed by atoms with Crippen LogP contribution in [0.4, 0.5) is 0 Å². The van der Waals surface area contributed by atoms with Gasteiger partial charge in [-0.2, -0.15) is 0 Å². The van der Waals surface area contributed by atoms with Crippen LogP contribution in [-0.4, -0.2) is 29.1 Å². The molecule has 8 nitrogen and oxygen atoms in total. The Bertz CT molecular complexity index is 1830. The highest BCUT2D eigenvalue weighted by Crippen LogP contribution is 2.28. The fourth-order valence-corrected chi connectivity index (χ4v) is 5.94. The molecule has 4 aromatic heterocycles. The van der Waals surface area contributed by atoms with Crippen molar-refractivity contribution in [2.75, 3.05) is 0 Å². The minimum absolute atomic E-state index is 0.128. The van der Waals surface area contributed by atoms with Crippen LogP contribution in [0.1, 0.15) is 16.3 Å². The third-order valence-electron chi connectivity index (χ3n) is 5.84. The molecule has 6 rings (SSSR count).